The van der Waals surface area contributed by atoms with Gasteiger partial charge in [-0.25, -0.2) is 0 Å². The number of non-ortho nitro benzene ring substituents is 1. The Labute approximate surface area is 163 Å². The van der Waals surface area contributed by atoms with Gasteiger partial charge in [0, 0.05) is 29.8 Å². The molecule has 6 nitrogen and oxygen atoms in total. The third-order valence-corrected chi connectivity index (χ3v) is 4.31. The van der Waals surface area contributed by atoms with E-state index >= 15 is 0 Å². The van der Waals surface area contributed by atoms with Crippen LogP contribution in [0.5, 0.6) is 0 Å². The maximum Gasteiger partial charge on any atom is 0.270 e. The second-order valence-corrected chi connectivity index (χ2v) is 6.36. The molecule has 0 radical (unpaired) electrons. The monoisotopic (exact) mass is 383 g/mol. The van der Waals surface area contributed by atoms with Gasteiger partial charge in [-0.2, -0.15) is 4.57 Å². The summed E-state index contributed by atoms with van der Waals surface area (Å²) in [6, 6.07) is 8.67. The smallest absolute Gasteiger partial charge is 0.270 e. The lowest BCUT2D eigenvalue weighted by Gasteiger charge is -2.18. The lowest BCUT2D eigenvalue weighted by atomic mass is 10.0. The number of nitro groups is 1. The van der Waals surface area contributed by atoms with Gasteiger partial charge < -0.3 is 17.6 Å². The lowest BCUT2D eigenvalue weighted by Crippen LogP contribution is -2.47. The second-order valence-electron chi connectivity index (χ2n) is 5.95. The van der Waals surface area contributed by atoms with Crippen LogP contribution in [0, 0.1) is 10.1 Å². The van der Waals surface area contributed by atoms with Crippen LogP contribution >= 0.6 is 0 Å². The first-order valence-corrected chi connectivity index (χ1v) is 8.99. The van der Waals surface area contributed by atoms with Crippen LogP contribution in [0.2, 0.25) is 0 Å². The number of aliphatic imine (C=N–C) groups is 1. The summed E-state index contributed by atoms with van der Waals surface area (Å²) in [4.78, 5) is 27.8. The number of nitrogens with zero attached hydrogens (tertiary/aromatic N) is 3. The maximum absolute atomic E-state index is 13.1. The second kappa shape index (κ2) is 9.68. The van der Waals surface area contributed by atoms with E-state index < -0.39 is 11.0 Å². The number of benzene rings is 1. The standard InChI is InChI=1S/C20H21N3O3S/c1-3-6-15-9-12-22(13-10-15)18(20(27)21-11-4-2)19(24)16-7-5-8-17(14-16)23(25)26/h4-5,7-10,12-14,18H,2-3,6,11H2,1H3/t18-/m0/s1. The van der Waals surface area contributed by atoms with E-state index in [2.05, 4.69) is 18.5 Å². The Hall–Kier alpha value is -2.93. The maximum atomic E-state index is 13.1. The van der Waals surface area contributed by atoms with Crippen molar-refractivity contribution in [3.63, 3.8) is 0 Å². The van der Waals surface area contributed by atoms with Gasteiger partial charge in [0.2, 0.25) is 11.8 Å². The number of Topliss-reactive ketones (excluding diaryl/α,β-unsaturated/α-hetero) is 1. The predicted octanol–water partition coefficient (Wildman–Crippen LogP) is 3.39. The summed E-state index contributed by atoms with van der Waals surface area (Å²) in [7, 11) is 0. The summed E-state index contributed by atoms with van der Waals surface area (Å²) in [6.45, 7) is 6.00. The van der Waals surface area contributed by atoms with Crippen molar-refractivity contribution in [2.75, 3.05) is 6.54 Å². The molecule has 1 atom stereocenters. The zero-order valence-electron chi connectivity index (χ0n) is 15.1. The molecule has 0 unspecified atom stereocenters. The van der Waals surface area contributed by atoms with Crippen LogP contribution in [0.25, 0.3) is 0 Å². The van der Waals surface area contributed by atoms with Gasteiger partial charge >= 0.3 is 0 Å². The molecule has 1 heterocycles. The van der Waals surface area contributed by atoms with Crippen LogP contribution in [-0.2, 0) is 19.0 Å². The van der Waals surface area contributed by atoms with Crippen molar-refractivity contribution in [1.82, 2.24) is 0 Å². The topological polar surface area (TPSA) is 76.4 Å². The zero-order valence-corrected chi connectivity index (χ0v) is 15.9. The van der Waals surface area contributed by atoms with E-state index in [-0.39, 0.29) is 22.1 Å². The lowest BCUT2D eigenvalue weighted by molar-refractivity contribution is -0.692. The third-order valence-electron chi connectivity index (χ3n) is 3.96. The highest BCUT2D eigenvalue weighted by Gasteiger charge is 2.29. The van der Waals surface area contributed by atoms with E-state index in [0.29, 0.717) is 6.54 Å². The minimum absolute atomic E-state index is 0.142. The van der Waals surface area contributed by atoms with Crippen LogP contribution in [0.3, 0.4) is 0 Å². The number of aryl methyl sites for hydroxylation is 1. The number of hydrogen-bond acceptors (Lipinski definition) is 5. The number of carbonyl (C=O) groups excluding carboxylic acids is 1. The number of carbonyl (C=O) groups is 1. The molecule has 7 heteroatoms. The molecule has 2 aromatic rings. The average molecular weight is 383 g/mol. The van der Waals surface area contributed by atoms with Gasteiger partial charge in [-0.1, -0.05) is 31.6 Å². The zero-order chi connectivity index (χ0) is 19.8. The molecule has 0 aliphatic heterocycles. The molecule has 0 bridgehead atoms. The molecular weight excluding hydrogens is 362 g/mol. The first-order chi connectivity index (χ1) is 13.0. The molecule has 0 saturated carbocycles. The molecule has 1 aromatic heterocycles. The first-order valence-electron chi connectivity index (χ1n) is 8.58. The third kappa shape index (κ3) is 5.27. The van der Waals surface area contributed by atoms with Gasteiger partial charge in [-0.15, -0.1) is 6.58 Å². The van der Waals surface area contributed by atoms with Crippen LogP contribution in [-0.4, -0.2) is 22.3 Å². The minimum atomic E-state index is -0.849. The molecule has 0 aliphatic carbocycles. The van der Waals surface area contributed by atoms with Gasteiger partial charge in [0.15, 0.2) is 12.4 Å². The largest absolute Gasteiger partial charge is 0.758 e. The highest BCUT2D eigenvalue weighted by Crippen LogP contribution is 2.18. The quantitative estimate of drug-likeness (QED) is 0.0972. The van der Waals surface area contributed by atoms with E-state index in [4.69, 9.17) is 12.6 Å². The Morgan fingerprint density at radius 2 is 2.07 bits per heavy atom. The molecule has 0 fully saturated rings. The summed E-state index contributed by atoms with van der Waals surface area (Å²) in [5, 5.41) is 11.2. The van der Waals surface area contributed by atoms with Crippen molar-refractivity contribution in [3.05, 3.63) is 82.7 Å². The number of nitro benzene ring substituents is 1. The number of ketones is 1. The van der Waals surface area contributed by atoms with Crippen molar-refractivity contribution >= 4 is 29.1 Å². The molecule has 1 aromatic carbocycles. The van der Waals surface area contributed by atoms with Crippen molar-refractivity contribution < 1.29 is 14.3 Å². The van der Waals surface area contributed by atoms with Crippen LogP contribution < -0.4 is 4.57 Å². The van der Waals surface area contributed by atoms with Gasteiger partial charge in [-0.05, 0) is 17.0 Å². The molecule has 0 N–H and O–H groups in total. The summed E-state index contributed by atoms with van der Waals surface area (Å²) in [6.07, 6.45) is 7.14. The van der Waals surface area contributed by atoms with Crippen molar-refractivity contribution in [2.24, 2.45) is 4.99 Å². The Balaban J connectivity index is 2.45. The van der Waals surface area contributed by atoms with E-state index in [0.717, 1.165) is 18.4 Å². The molecule has 2 rings (SSSR count). The Kier molecular flexibility index (Phi) is 7.31. The summed E-state index contributed by atoms with van der Waals surface area (Å²) < 4.78 is 1.69. The highest BCUT2D eigenvalue weighted by molar-refractivity contribution is 7.77. The summed E-state index contributed by atoms with van der Waals surface area (Å²) in [5.41, 5.74) is 1.23. The first kappa shape index (κ1) is 20.4. The highest BCUT2D eigenvalue weighted by atomic mass is 32.1. The number of hydrogen-bond donors (Lipinski definition) is 0. The van der Waals surface area contributed by atoms with Crippen LogP contribution in [0.4, 0.5) is 5.69 Å². The molecule has 27 heavy (non-hydrogen) atoms. The summed E-state index contributed by atoms with van der Waals surface area (Å²) in [5.74, 6) is -0.343. The normalized spacial score (nSPS) is 12.4. The molecule has 140 valence electrons. The predicted molar refractivity (Wildman–Crippen MR) is 107 cm³/mol. The van der Waals surface area contributed by atoms with Gasteiger partial charge in [-0.3, -0.25) is 14.9 Å². The fourth-order valence-corrected chi connectivity index (χ4v) is 2.95. The van der Waals surface area contributed by atoms with Crippen LogP contribution in [0.15, 0.2) is 66.4 Å². The fraction of sp³-hybridized carbons (Fsp3) is 0.250. The van der Waals surface area contributed by atoms with E-state index in [1.165, 1.54) is 18.2 Å². The van der Waals surface area contributed by atoms with Crippen molar-refractivity contribution in [3.8, 4) is 0 Å². The molecule has 0 amide bonds. The molecule has 0 spiro atoms. The van der Waals surface area contributed by atoms with Gasteiger partial charge in [0.25, 0.3) is 5.69 Å². The Bertz CT molecular complexity index is 863. The Morgan fingerprint density at radius 1 is 1.37 bits per heavy atom. The Morgan fingerprint density at radius 3 is 2.67 bits per heavy atom. The number of pyridine rings is 1. The van der Waals surface area contributed by atoms with E-state index in [1.807, 2.05) is 12.1 Å². The van der Waals surface area contributed by atoms with Crippen LogP contribution in [0.1, 0.15) is 35.3 Å². The summed E-state index contributed by atoms with van der Waals surface area (Å²) >= 11 is 5.38. The number of rotatable bonds is 9. The van der Waals surface area contributed by atoms with E-state index in [9.17, 15) is 14.9 Å². The van der Waals surface area contributed by atoms with Crippen molar-refractivity contribution in [1.29, 1.82) is 0 Å². The fourth-order valence-electron chi connectivity index (χ4n) is 2.64. The van der Waals surface area contributed by atoms with Crippen molar-refractivity contribution in [2.45, 2.75) is 25.8 Å². The molecular formula is C20H21N3O3S. The average Bonchev–Trinajstić information content (AvgIpc) is 2.68. The SMILES string of the molecule is C=CCN=C([S-])[C@H](C(=O)c1cccc([N+](=O)[O-])c1)[n+]1ccc(CCC)cc1. The van der Waals surface area contributed by atoms with Gasteiger partial charge in [0.05, 0.1) is 11.5 Å². The molecule has 0 aliphatic rings. The minimum Gasteiger partial charge on any atom is -0.758 e. The van der Waals surface area contributed by atoms with Gasteiger partial charge in [0.1, 0.15) is 0 Å². The number of aromatic nitrogens is 1. The molecule has 0 saturated heterocycles. The van der Waals surface area contributed by atoms with E-state index in [1.54, 1.807) is 29.1 Å².